The minimum absolute atomic E-state index is 0.390. The molecule has 2 aromatic rings. The second-order valence-corrected chi connectivity index (χ2v) is 5.85. The molecule has 1 aromatic carbocycles. The smallest absolute Gasteiger partial charge is 0.324 e. The third-order valence-electron chi connectivity index (χ3n) is 4.15. The lowest BCUT2D eigenvalue weighted by atomic mass is 10.2. The third-order valence-corrected chi connectivity index (χ3v) is 4.15. The van der Waals surface area contributed by atoms with E-state index in [1.807, 2.05) is 0 Å². The van der Waals surface area contributed by atoms with Crippen LogP contribution in [0, 0.1) is 0 Å². The van der Waals surface area contributed by atoms with E-state index in [2.05, 4.69) is 25.5 Å². The SMILES string of the molecule is COc1cc(NC(=O)Nc2cc(N3CCOCC3)ncn2)cc(OC)c1OC. The maximum Gasteiger partial charge on any atom is 0.324 e. The molecule has 28 heavy (non-hydrogen) atoms. The van der Waals surface area contributed by atoms with E-state index in [9.17, 15) is 4.79 Å². The van der Waals surface area contributed by atoms with Crippen LogP contribution in [0.15, 0.2) is 24.5 Å². The first-order valence-electron chi connectivity index (χ1n) is 8.67. The van der Waals surface area contributed by atoms with Crippen molar-refractivity contribution in [3.05, 3.63) is 24.5 Å². The van der Waals surface area contributed by atoms with E-state index in [0.29, 0.717) is 42.0 Å². The van der Waals surface area contributed by atoms with Crippen molar-refractivity contribution in [3.8, 4) is 17.2 Å². The van der Waals surface area contributed by atoms with Crippen molar-refractivity contribution in [1.29, 1.82) is 0 Å². The lowest BCUT2D eigenvalue weighted by molar-refractivity contribution is 0.122. The summed E-state index contributed by atoms with van der Waals surface area (Å²) in [4.78, 5) is 22.8. The minimum Gasteiger partial charge on any atom is -0.493 e. The van der Waals surface area contributed by atoms with Gasteiger partial charge in [0.15, 0.2) is 11.5 Å². The average molecular weight is 389 g/mol. The summed E-state index contributed by atoms with van der Waals surface area (Å²) in [6, 6.07) is 4.54. The fraction of sp³-hybridized carbons (Fsp3) is 0.389. The van der Waals surface area contributed by atoms with E-state index >= 15 is 0 Å². The Labute approximate surface area is 162 Å². The lowest BCUT2D eigenvalue weighted by Crippen LogP contribution is -2.36. The zero-order valence-corrected chi connectivity index (χ0v) is 16.0. The van der Waals surface area contributed by atoms with Gasteiger partial charge in [-0.25, -0.2) is 14.8 Å². The lowest BCUT2D eigenvalue weighted by Gasteiger charge is -2.27. The van der Waals surface area contributed by atoms with Gasteiger partial charge in [-0.05, 0) is 0 Å². The van der Waals surface area contributed by atoms with Crippen molar-refractivity contribution in [1.82, 2.24) is 9.97 Å². The average Bonchev–Trinajstić information content (AvgIpc) is 2.73. The molecule has 10 nitrogen and oxygen atoms in total. The molecule has 10 heteroatoms. The van der Waals surface area contributed by atoms with Crippen LogP contribution in [0.3, 0.4) is 0 Å². The quantitative estimate of drug-likeness (QED) is 0.772. The molecule has 1 aliphatic heterocycles. The fourth-order valence-electron chi connectivity index (χ4n) is 2.81. The molecule has 1 aliphatic rings. The number of benzene rings is 1. The monoisotopic (exact) mass is 389 g/mol. The zero-order chi connectivity index (χ0) is 19.9. The summed E-state index contributed by atoms with van der Waals surface area (Å²) >= 11 is 0. The van der Waals surface area contributed by atoms with Crippen molar-refractivity contribution in [2.24, 2.45) is 0 Å². The number of amides is 2. The highest BCUT2D eigenvalue weighted by Gasteiger charge is 2.16. The van der Waals surface area contributed by atoms with Gasteiger partial charge in [0.25, 0.3) is 0 Å². The van der Waals surface area contributed by atoms with Crippen molar-refractivity contribution in [3.63, 3.8) is 0 Å². The van der Waals surface area contributed by atoms with Crippen LogP contribution in [0.1, 0.15) is 0 Å². The summed E-state index contributed by atoms with van der Waals surface area (Å²) in [6.07, 6.45) is 1.42. The summed E-state index contributed by atoms with van der Waals surface area (Å²) in [5.41, 5.74) is 0.481. The van der Waals surface area contributed by atoms with Gasteiger partial charge in [-0.15, -0.1) is 0 Å². The van der Waals surface area contributed by atoms with Crippen LogP contribution in [0.2, 0.25) is 0 Å². The molecule has 0 atom stereocenters. The first-order valence-corrected chi connectivity index (χ1v) is 8.67. The number of rotatable bonds is 6. The molecule has 0 radical (unpaired) electrons. The molecule has 1 fully saturated rings. The van der Waals surface area contributed by atoms with Crippen molar-refractivity contribution in [2.45, 2.75) is 0 Å². The Kier molecular flexibility index (Phi) is 6.33. The Hall–Kier alpha value is -3.27. The highest BCUT2D eigenvalue weighted by molar-refractivity contribution is 5.99. The molecule has 0 spiro atoms. The Morgan fingerprint density at radius 3 is 2.29 bits per heavy atom. The van der Waals surface area contributed by atoms with Crippen LogP contribution in [0.25, 0.3) is 0 Å². The summed E-state index contributed by atoms with van der Waals surface area (Å²) in [5, 5.41) is 5.43. The Morgan fingerprint density at radius 2 is 1.68 bits per heavy atom. The third kappa shape index (κ3) is 4.52. The number of ether oxygens (including phenoxy) is 4. The number of aromatic nitrogens is 2. The predicted octanol–water partition coefficient (Wildman–Crippen LogP) is 1.98. The molecule has 150 valence electrons. The van der Waals surface area contributed by atoms with Crippen LogP contribution >= 0.6 is 0 Å². The second kappa shape index (κ2) is 9.09. The number of nitrogens with one attached hydrogen (secondary N) is 2. The molecule has 2 amide bonds. The van der Waals surface area contributed by atoms with E-state index < -0.39 is 6.03 Å². The van der Waals surface area contributed by atoms with Crippen LogP contribution in [-0.4, -0.2) is 63.6 Å². The fourth-order valence-corrected chi connectivity index (χ4v) is 2.81. The minimum atomic E-state index is -0.457. The van der Waals surface area contributed by atoms with Crippen molar-refractivity contribution in [2.75, 3.05) is 63.2 Å². The number of hydrogen-bond donors (Lipinski definition) is 2. The molecular formula is C18H23N5O5. The first-order chi connectivity index (χ1) is 13.6. The van der Waals surface area contributed by atoms with Gasteiger partial charge in [0.2, 0.25) is 5.75 Å². The second-order valence-electron chi connectivity index (χ2n) is 5.85. The molecular weight excluding hydrogens is 366 g/mol. The standard InChI is InChI=1S/C18H23N5O5/c1-25-13-8-12(9-14(26-2)17(13)27-3)21-18(24)22-15-10-16(20-11-19-15)23-4-6-28-7-5-23/h8-11H,4-7H2,1-3H3,(H2,19,20,21,22,24). The van der Waals surface area contributed by atoms with Gasteiger partial charge in [0.1, 0.15) is 18.0 Å². The van der Waals surface area contributed by atoms with Crippen molar-refractivity contribution < 1.29 is 23.7 Å². The Balaban J connectivity index is 1.70. The summed E-state index contributed by atoms with van der Waals surface area (Å²) in [5.74, 6) is 2.45. The normalized spacial score (nSPS) is 13.6. The van der Waals surface area contributed by atoms with Crippen molar-refractivity contribution >= 4 is 23.4 Å². The van der Waals surface area contributed by atoms with E-state index in [1.54, 1.807) is 18.2 Å². The molecule has 0 unspecified atom stereocenters. The number of anilines is 3. The van der Waals surface area contributed by atoms with Gasteiger partial charge in [-0.2, -0.15) is 0 Å². The number of nitrogens with zero attached hydrogens (tertiary/aromatic N) is 3. The largest absolute Gasteiger partial charge is 0.493 e. The van der Waals surface area contributed by atoms with Crippen LogP contribution in [0.5, 0.6) is 17.2 Å². The highest BCUT2D eigenvalue weighted by atomic mass is 16.5. The zero-order valence-electron chi connectivity index (χ0n) is 16.0. The molecule has 0 bridgehead atoms. The Morgan fingerprint density at radius 1 is 1.00 bits per heavy atom. The molecule has 2 N–H and O–H groups in total. The molecule has 1 aromatic heterocycles. The molecule has 1 saturated heterocycles. The van der Waals surface area contributed by atoms with Crippen LogP contribution in [0.4, 0.5) is 22.1 Å². The maximum absolute atomic E-state index is 12.4. The van der Waals surface area contributed by atoms with Gasteiger partial charge in [0, 0.05) is 31.3 Å². The highest BCUT2D eigenvalue weighted by Crippen LogP contribution is 2.39. The first kappa shape index (κ1) is 19.5. The predicted molar refractivity (Wildman–Crippen MR) is 104 cm³/mol. The van der Waals surface area contributed by atoms with Gasteiger partial charge in [-0.3, -0.25) is 5.32 Å². The summed E-state index contributed by atoms with van der Waals surface area (Å²) in [6.45, 7) is 2.78. The Bertz CT molecular complexity index is 801. The molecule has 2 heterocycles. The topological polar surface area (TPSA) is 107 Å². The van der Waals surface area contributed by atoms with Gasteiger partial charge >= 0.3 is 6.03 Å². The van der Waals surface area contributed by atoms with E-state index in [0.717, 1.165) is 18.9 Å². The number of urea groups is 1. The number of hydrogen-bond acceptors (Lipinski definition) is 8. The number of carbonyl (C=O) groups excluding carboxylic acids is 1. The van der Waals surface area contributed by atoms with Gasteiger partial charge in [0.05, 0.1) is 40.2 Å². The molecule has 3 rings (SSSR count). The molecule has 0 aliphatic carbocycles. The van der Waals surface area contributed by atoms with Gasteiger partial charge < -0.3 is 29.2 Å². The summed E-state index contributed by atoms with van der Waals surface area (Å²) in [7, 11) is 4.53. The number of methoxy groups -OCH3 is 3. The number of morpholine rings is 1. The van der Waals surface area contributed by atoms with Gasteiger partial charge in [-0.1, -0.05) is 0 Å². The summed E-state index contributed by atoms with van der Waals surface area (Å²) < 4.78 is 21.2. The van der Waals surface area contributed by atoms with Crippen LogP contribution < -0.4 is 29.7 Å². The number of carbonyl (C=O) groups is 1. The van der Waals surface area contributed by atoms with Crippen LogP contribution in [-0.2, 0) is 4.74 Å². The van der Waals surface area contributed by atoms with E-state index in [-0.39, 0.29) is 0 Å². The molecule has 0 saturated carbocycles. The van der Waals surface area contributed by atoms with E-state index in [1.165, 1.54) is 27.7 Å². The van der Waals surface area contributed by atoms with E-state index in [4.69, 9.17) is 18.9 Å². The maximum atomic E-state index is 12.4.